The summed E-state index contributed by atoms with van der Waals surface area (Å²) in [6.45, 7) is 5.61. The largest absolute Gasteiger partial charge is 0.372 e. The maximum Gasteiger partial charge on any atom is 0.270 e. The van der Waals surface area contributed by atoms with E-state index in [-0.39, 0.29) is 23.9 Å². The van der Waals surface area contributed by atoms with Gasteiger partial charge in [0.25, 0.3) is 5.91 Å². The Bertz CT molecular complexity index is 938. The Kier molecular flexibility index (Phi) is 4.54. The average molecular weight is 372 g/mol. The number of ether oxygens (including phenoxy) is 1. The lowest BCUT2D eigenvalue weighted by Gasteiger charge is -2.35. The zero-order valence-corrected chi connectivity index (χ0v) is 15.6. The highest BCUT2D eigenvalue weighted by atomic mass is 32.1. The van der Waals surface area contributed by atoms with Gasteiger partial charge >= 0.3 is 0 Å². The Hall–Kier alpha value is -2.18. The summed E-state index contributed by atoms with van der Waals surface area (Å²) < 4.78 is 22.4. The summed E-state index contributed by atoms with van der Waals surface area (Å²) in [5, 5.41) is 2.01. The molecule has 2 unspecified atom stereocenters. The fourth-order valence-electron chi connectivity index (χ4n) is 3.65. The molecule has 1 aliphatic rings. The van der Waals surface area contributed by atoms with Gasteiger partial charge in [-0.2, -0.15) is 0 Å². The first kappa shape index (κ1) is 17.2. The Morgan fingerprint density at radius 2 is 2.00 bits per heavy atom. The highest BCUT2D eigenvalue weighted by molar-refractivity contribution is 7.17. The lowest BCUT2D eigenvalue weighted by molar-refractivity contribution is -0.0588. The second-order valence-corrected chi connectivity index (χ2v) is 7.83. The van der Waals surface area contributed by atoms with E-state index in [1.807, 2.05) is 46.9 Å². The summed E-state index contributed by atoms with van der Waals surface area (Å²) in [7, 11) is 0. The second kappa shape index (κ2) is 6.85. The van der Waals surface area contributed by atoms with E-state index in [4.69, 9.17) is 4.74 Å². The van der Waals surface area contributed by atoms with Crippen molar-refractivity contribution >= 4 is 27.5 Å². The molecule has 0 radical (unpaired) electrons. The van der Waals surface area contributed by atoms with Crippen LogP contribution in [-0.2, 0) is 11.3 Å². The number of halogens is 1. The van der Waals surface area contributed by atoms with E-state index in [0.717, 1.165) is 15.8 Å². The smallest absolute Gasteiger partial charge is 0.270 e. The fraction of sp³-hybridized carbons (Fsp3) is 0.350. The predicted molar refractivity (Wildman–Crippen MR) is 101 cm³/mol. The maximum atomic E-state index is 13.6. The van der Waals surface area contributed by atoms with Crippen molar-refractivity contribution in [3.63, 3.8) is 0 Å². The summed E-state index contributed by atoms with van der Waals surface area (Å²) in [4.78, 5) is 15.1. The molecule has 1 aliphatic heterocycles. The molecule has 0 N–H and O–H groups in total. The number of morpholine rings is 1. The highest BCUT2D eigenvalue weighted by Crippen LogP contribution is 2.28. The number of hydrogen-bond donors (Lipinski definition) is 0. The molecule has 4 rings (SSSR count). The zero-order chi connectivity index (χ0) is 18.3. The van der Waals surface area contributed by atoms with Crippen molar-refractivity contribution in [2.24, 2.45) is 0 Å². The van der Waals surface area contributed by atoms with E-state index >= 15 is 0 Å². The standard InChI is InChI=1S/C20H21FN2O2S/c1-13-10-22(11-14(2)25-13)20(24)18-9-19-17(6-7-26-19)23(18)12-15-4-3-5-16(21)8-15/h3-9,13-14H,10-12H2,1-2H3. The Morgan fingerprint density at radius 3 is 2.73 bits per heavy atom. The quantitative estimate of drug-likeness (QED) is 0.693. The molecule has 6 heteroatoms. The first-order valence-corrected chi connectivity index (χ1v) is 9.65. The molecule has 0 spiro atoms. The molecule has 0 saturated carbocycles. The molecule has 0 bridgehead atoms. The first-order chi connectivity index (χ1) is 12.5. The van der Waals surface area contributed by atoms with Gasteiger partial charge < -0.3 is 14.2 Å². The van der Waals surface area contributed by atoms with Crippen LogP contribution in [0.5, 0.6) is 0 Å². The number of carbonyl (C=O) groups is 1. The minimum Gasteiger partial charge on any atom is -0.372 e. The minimum absolute atomic E-state index is 0.00630. The molecule has 1 amide bonds. The van der Waals surface area contributed by atoms with E-state index in [0.29, 0.717) is 25.3 Å². The van der Waals surface area contributed by atoms with Crippen LogP contribution >= 0.6 is 11.3 Å². The van der Waals surface area contributed by atoms with Gasteiger partial charge in [-0.15, -0.1) is 11.3 Å². The monoisotopic (exact) mass is 372 g/mol. The molecule has 26 heavy (non-hydrogen) atoms. The van der Waals surface area contributed by atoms with E-state index in [9.17, 15) is 9.18 Å². The molecule has 1 fully saturated rings. The Labute approximate surface area is 155 Å². The van der Waals surface area contributed by atoms with Crippen molar-refractivity contribution in [3.8, 4) is 0 Å². The highest BCUT2D eigenvalue weighted by Gasteiger charge is 2.29. The summed E-state index contributed by atoms with van der Waals surface area (Å²) in [5.74, 6) is -0.258. The number of fused-ring (bicyclic) bond motifs is 1. The third kappa shape index (κ3) is 3.27. The molecule has 4 nitrogen and oxygen atoms in total. The van der Waals surface area contributed by atoms with Crippen molar-refractivity contribution in [2.45, 2.75) is 32.6 Å². The van der Waals surface area contributed by atoms with Gasteiger partial charge in [0.2, 0.25) is 0 Å². The third-order valence-electron chi connectivity index (χ3n) is 4.68. The van der Waals surface area contributed by atoms with Gasteiger partial charge in [-0.25, -0.2) is 4.39 Å². The summed E-state index contributed by atoms with van der Waals surface area (Å²) >= 11 is 1.61. The molecule has 2 aromatic heterocycles. The van der Waals surface area contributed by atoms with Crippen LogP contribution < -0.4 is 0 Å². The van der Waals surface area contributed by atoms with Gasteiger partial charge in [0.15, 0.2) is 0 Å². The molecular weight excluding hydrogens is 351 g/mol. The molecule has 1 aromatic carbocycles. The maximum absolute atomic E-state index is 13.6. The van der Waals surface area contributed by atoms with Gasteiger partial charge in [0.05, 0.1) is 22.4 Å². The summed E-state index contributed by atoms with van der Waals surface area (Å²) in [6, 6.07) is 10.5. The third-order valence-corrected chi connectivity index (χ3v) is 5.53. The van der Waals surface area contributed by atoms with Crippen molar-refractivity contribution in [3.05, 3.63) is 58.9 Å². The van der Waals surface area contributed by atoms with E-state index in [1.54, 1.807) is 17.4 Å². The predicted octanol–water partition coefficient (Wildman–Crippen LogP) is 4.14. The number of thiophene rings is 1. The molecule has 3 heterocycles. The van der Waals surface area contributed by atoms with E-state index in [2.05, 4.69) is 0 Å². The Morgan fingerprint density at radius 1 is 1.23 bits per heavy atom. The SMILES string of the molecule is CC1CN(C(=O)c2cc3sccc3n2Cc2cccc(F)c2)CC(C)O1. The second-order valence-electron chi connectivity index (χ2n) is 6.88. The fourth-order valence-corrected chi connectivity index (χ4v) is 4.47. The zero-order valence-electron chi connectivity index (χ0n) is 14.8. The van der Waals surface area contributed by atoms with E-state index < -0.39 is 0 Å². The first-order valence-electron chi connectivity index (χ1n) is 8.77. The van der Waals surface area contributed by atoms with Crippen LogP contribution in [0.15, 0.2) is 41.8 Å². The Balaban J connectivity index is 1.70. The van der Waals surface area contributed by atoms with Crippen LogP contribution in [0.3, 0.4) is 0 Å². The molecular formula is C20H21FN2O2S. The van der Waals surface area contributed by atoms with Crippen LogP contribution in [-0.4, -0.2) is 40.7 Å². The van der Waals surface area contributed by atoms with Gasteiger partial charge in [0.1, 0.15) is 11.5 Å². The molecule has 136 valence electrons. The molecule has 0 aliphatic carbocycles. The number of amides is 1. The normalized spacial score (nSPS) is 20.7. The van der Waals surface area contributed by atoms with Crippen molar-refractivity contribution < 1.29 is 13.9 Å². The lowest BCUT2D eigenvalue weighted by Crippen LogP contribution is -2.48. The van der Waals surface area contributed by atoms with Crippen LogP contribution in [0.4, 0.5) is 4.39 Å². The van der Waals surface area contributed by atoms with E-state index in [1.165, 1.54) is 12.1 Å². The molecule has 1 saturated heterocycles. The number of nitrogens with zero attached hydrogens (tertiary/aromatic N) is 2. The van der Waals surface area contributed by atoms with Gasteiger partial charge in [-0.1, -0.05) is 12.1 Å². The van der Waals surface area contributed by atoms with Crippen LogP contribution in [0.1, 0.15) is 29.9 Å². The minimum atomic E-state index is -0.264. The number of carbonyl (C=O) groups excluding carboxylic acids is 1. The van der Waals surface area contributed by atoms with Crippen LogP contribution in [0, 0.1) is 5.82 Å². The van der Waals surface area contributed by atoms with Gasteiger partial charge in [-0.05, 0) is 49.1 Å². The van der Waals surface area contributed by atoms with Crippen molar-refractivity contribution in [1.82, 2.24) is 9.47 Å². The van der Waals surface area contributed by atoms with Crippen molar-refractivity contribution in [1.29, 1.82) is 0 Å². The topological polar surface area (TPSA) is 34.5 Å². The number of hydrogen-bond acceptors (Lipinski definition) is 3. The molecule has 3 aromatic rings. The lowest BCUT2D eigenvalue weighted by atomic mass is 10.2. The number of benzene rings is 1. The summed E-state index contributed by atoms with van der Waals surface area (Å²) in [6.07, 6.45) is 0.0471. The average Bonchev–Trinajstić information content (AvgIpc) is 3.16. The summed E-state index contributed by atoms with van der Waals surface area (Å²) in [5.41, 5.74) is 2.50. The number of aromatic nitrogens is 1. The van der Waals surface area contributed by atoms with Gasteiger partial charge in [0, 0.05) is 19.6 Å². The number of rotatable bonds is 3. The molecule has 2 atom stereocenters. The van der Waals surface area contributed by atoms with Gasteiger partial charge in [-0.3, -0.25) is 4.79 Å². The van der Waals surface area contributed by atoms with Crippen LogP contribution in [0.25, 0.3) is 10.2 Å². The van der Waals surface area contributed by atoms with Crippen LogP contribution in [0.2, 0.25) is 0 Å². The van der Waals surface area contributed by atoms with Crippen molar-refractivity contribution in [2.75, 3.05) is 13.1 Å².